The van der Waals surface area contributed by atoms with Crippen molar-refractivity contribution in [1.29, 1.82) is 0 Å². The third-order valence-electron chi connectivity index (χ3n) is 5.59. The molecule has 8 nitrogen and oxygen atoms in total. The van der Waals surface area contributed by atoms with E-state index < -0.39 is 14.9 Å². The van der Waals surface area contributed by atoms with E-state index in [4.69, 9.17) is 0 Å². The van der Waals surface area contributed by atoms with Gasteiger partial charge in [-0.05, 0) is 56.4 Å². The van der Waals surface area contributed by atoms with Gasteiger partial charge in [-0.2, -0.15) is 5.10 Å². The third-order valence-corrected chi connectivity index (χ3v) is 7.00. The summed E-state index contributed by atoms with van der Waals surface area (Å²) >= 11 is 0. The summed E-state index contributed by atoms with van der Waals surface area (Å²) in [5.74, 6) is 0. The molecule has 4 rings (SSSR count). The van der Waals surface area contributed by atoms with Crippen molar-refractivity contribution in [2.75, 3.05) is 10.1 Å². The van der Waals surface area contributed by atoms with Crippen LogP contribution in [0.15, 0.2) is 70.7 Å². The van der Waals surface area contributed by atoms with Gasteiger partial charge in [-0.3, -0.25) is 20.3 Å². The molecule has 3 aromatic carbocycles. The molecule has 0 saturated carbocycles. The summed E-state index contributed by atoms with van der Waals surface area (Å²) in [7, 11) is -4.13. The van der Waals surface area contributed by atoms with Crippen LogP contribution in [-0.2, 0) is 16.4 Å². The molecule has 9 heteroatoms. The molecule has 0 radical (unpaired) electrons. The number of nitro groups is 1. The van der Waals surface area contributed by atoms with Gasteiger partial charge >= 0.3 is 0 Å². The zero-order valence-electron chi connectivity index (χ0n) is 18.3. The highest BCUT2D eigenvalue weighted by atomic mass is 32.2. The van der Waals surface area contributed by atoms with E-state index in [9.17, 15) is 18.5 Å². The number of non-ortho nitro benzene ring substituents is 1. The van der Waals surface area contributed by atoms with Crippen LogP contribution in [0.3, 0.4) is 0 Å². The van der Waals surface area contributed by atoms with Crippen molar-refractivity contribution >= 4 is 32.8 Å². The van der Waals surface area contributed by atoms with Gasteiger partial charge in [0, 0.05) is 17.7 Å². The van der Waals surface area contributed by atoms with E-state index in [0.717, 1.165) is 47.7 Å². The Balaban J connectivity index is 1.72. The molecule has 0 heterocycles. The number of rotatable bonds is 6. The third kappa shape index (κ3) is 4.88. The summed E-state index contributed by atoms with van der Waals surface area (Å²) in [4.78, 5) is 10.5. The molecule has 33 heavy (non-hydrogen) atoms. The first kappa shape index (κ1) is 22.5. The van der Waals surface area contributed by atoms with Gasteiger partial charge < -0.3 is 0 Å². The Morgan fingerprint density at radius 1 is 0.970 bits per heavy atom. The lowest BCUT2D eigenvalue weighted by atomic mass is 9.90. The van der Waals surface area contributed by atoms with Crippen LogP contribution in [-0.4, -0.2) is 19.1 Å². The van der Waals surface area contributed by atoms with E-state index in [0.29, 0.717) is 5.69 Å². The van der Waals surface area contributed by atoms with Gasteiger partial charge in [0.2, 0.25) is 0 Å². The number of hydrazone groups is 1. The predicted octanol–water partition coefficient (Wildman–Crippen LogP) is 5.16. The van der Waals surface area contributed by atoms with Crippen LogP contribution < -0.4 is 10.1 Å². The molecule has 0 amide bonds. The van der Waals surface area contributed by atoms with Gasteiger partial charge in [0.05, 0.1) is 22.0 Å². The number of nitrogens with one attached hydrogen (secondary N) is 2. The molecule has 0 saturated heterocycles. The van der Waals surface area contributed by atoms with E-state index in [1.165, 1.54) is 17.7 Å². The molecule has 0 bridgehead atoms. The highest BCUT2D eigenvalue weighted by Gasteiger charge is 2.24. The second-order valence-corrected chi connectivity index (χ2v) is 9.69. The average Bonchev–Trinajstić information content (AvgIpc) is 2.79. The summed E-state index contributed by atoms with van der Waals surface area (Å²) in [5, 5.41) is 15.8. The lowest BCUT2D eigenvalue weighted by Gasteiger charge is -2.18. The molecule has 170 valence electrons. The molecule has 0 unspecified atom stereocenters. The van der Waals surface area contributed by atoms with Crippen LogP contribution in [0.4, 0.5) is 17.1 Å². The van der Waals surface area contributed by atoms with E-state index >= 15 is 0 Å². The lowest BCUT2D eigenvalue weighted by Crippen LogP contribution is -2.17. The SMILES string of the molecule is Cc1ccc(NS(=O)(=O)c2cc([N+](=O)[O-])ccc2NN=C2CCCc3ccccc32)c(C)c1. The van der Waals surface area contributed by atoms with E-state index in [1.807, 2.05) is 31.2 Å². The Morgan fingerprint density at radius 2 is 1.73 bits per heavy atom. The quantitative estimate of drug-likeness (QED) is 0.386. The molecule has 3 aromatic rings. The Kier molecular flexibility index (Phi) is 6.15. The van der Waals surface area contributed by atoms with Crippen LogP contribution in [0.25, 0.3) is 0 Å². The van der Waals surface area contributed by atoms with Crippen molar-refractivity contribution in [3.63, 3.8) is 0 Å². The monoisotopic (exact) mass is 464 g/mol. The van der Waals surface area contributed by atoms with Crippen molar-refractivity contribution in [2.45, 2.75) is 38.0 Å². The maximum atomic E-state index is 13.3. The van der Waals surface area contributed by atoms with Crippen molar-refractivity contribution in [3.05, 3.63) is 93.0 Å². The first-order valence-electron chi connectivity index (χ1n) is 10.5. The molecule has 0 aromatic heterocycles. The number of fused-ring (bicyclic) bond motifs is 1. The van der Waals surface area contributed by atoms with E-state index in [1.54, 1.807) is 19.1 Å². The number of hydrogen-bond acceptors (Lipinski definition) is 6. The van der Waals surface area contributed by atoms with Gasteiger partial charge in [0.15, 0.2) is 0 Å². The summed E-state index contributed by atoms with van der Waals surface area (Å²) in [5.41, 5.74) is 7.88. The number of aryl methyl sites for hydroxylation is 3. The van der Waals surface area contributed by atoms with Crippen LogP contribution in [0.5, 0.6) is 0 Å². The lowest BCUT2D eigenvalue weighted by molar-refractivity contribution is -0.385. The molecule has 0 fully saturated rings. The number of nitro benzene ring substituents is 1. The van der Waals surface area contributed by atoms with Gasteiger partial charge in [0.25, 0.3) is 15.7 Å². The maximum absolute atomic E-state index is 13.3. The van der Waals surface area contributed by atoms with Crippen LogP contribution >= 0.6 is 0 Å². The maximum Gasteiger partial charge on any atom is 0.270 e. The van der Waals surface area contributed by atoms with E-state index in [-0.39, 0.29) is 16.3 Å². The van der Waals surface area contributed by atoms with Crippen molar-refractivity contribution in [3.8, 4) is 0 Å². The molecule has 0 atom stereocenters. The minimum atomic E-state index is -4.13. The molecular weight excluding hydrogens is 440 g/mol. The predicted molar refractivity (Wildman–Crippen MR) is 129 cm³/mol. The Labute approximate surface area is 192 Å². The Morgan fingerprint density at radius 3 is 2.48 bits per heavy atom. The summed E-state index contributed by atoms with van der Waals surface area (Å²) in [6.07, 6.45) is 2.66. The Bertz CT molecular complexity index is 1370. The van der Waals surface area contributed by atoms with Crippen molar-refractivity contribution < 1.29 is 13.3 Å². The Hall–Kier alpha value is -3.72. The fourth-order valence-electron chi connectivity index (χ4n) is 3.91. The van der Waals surface area contributed by atoms with Crippen LogP contribution in [0.2, 0.25) is 0 Å². The molecule has 0 aliphatic heterocycles. The molecule has 1 aliphatic rings. The zero-order chi connectivity index (χ0) is 23.6. The normalized spacial score (nSPS) is 14.5. The molecule has 1 aliphatic carbocycles. The first-order chi connectivity index (χ1) is 15.7. The summed E-state index contributed by atoms with van der Waals surface area (Å²) in [6.45, 7) is 3.71. The topological polar surface area (TPSA) is 114 Å². The number of benzene rings is 3. The molecular formula is C24H24N4O4S. The summed E-state index contributed by atoms with van der Waals surface area (Å²) in [6, 6.07) is 17.0. The van der Waals surface area contributed by atoms with Crippen LogP contribution in [0, 0.1) is 24.0 Å². The standard InChI is InChI=1S/C24H24N4O4S/c1-16-10-12-21(17(2)14-16)27-33(31,32)24-15-19(28(29)30)11-13-23(24)26-25-22-9-5-7-18-6-3-4-8-20(18)22/h3-4,6,8,10-15,26-27H,5,7,9H2,1-2H3. The number of hydrogen-bond donors (Lipinski definition) is 2. The zero-order valence-corrected chi connectivity index (χ0v) is 19.1. The van der Waals surface area contributed by atoms with Gasteiger partial charge in [-0.25, -0.2) is 8.42 Å². The van der Waals surface area contributed by atoms with Gasteiger partial charge in [-0.15, -0.1) is 0 Å². The fourth-order valence-corrected chi connectivity index (χ4v) is 5.22. The van der Waals surface area contributed by atoms with Crippen molar-refractivity contribution in [1.82, 2.24) is 0 Å². The van der Waals surface area contributed by atoms with E-state index in [2.05, 4.69) is 21.3 Å². The average molecular weight is 465 g/mol. The van der Waals surface area contributed by atoms with Crippen molar-refractivity contribution in [2.24, 2.45) is 5.10 Å². The number of sulfonamides is 1. The smallest absolute Gasteiger partial charge is 0.270 e. The summed E-state index contributed by atoms with van der Waals surface area (Å²) < 4.78 is 29.1. The second-order valence-electron chi connectivity index (χ2n) is 8.04. The van der Waals surface area contributed by atoms with Gasteiger partial charge in [0.1, 0.15) is 4.90 Å². The highest BCUT2D eigenvalue weighted by Crippen LogP contribution is 2.30. The highest BCUT2D eigenvalue weighted by molar-refractivity contribution is 7.92. The van der Waals surface area contributed by atoms with Crippen LogP contribution in [0.1, 0.15) is 35.1 Å². The second kappa shape index (κ2) is 9.03. The first-order valence-corrected chi connectivity index (χ1v) is 12.0. The number of nitrogens with zero attached hydrogens (tertiary/aromatic N) is 2. The fraction of sp³-hybridized carbons (Fsp3) is 0.208. The molecule has 2 N–H and O–H groups in total. The minimum Gasteiger partial charge on any atom is -0.279 e. The largest absolute Gasteiger partial charge is 0.279 e. The minimum absolute atomic E-state index is 0.161. The van der Waals surface area contributed by atoms with Gasteiger partial charge in [-0.1, -0.05) is 42.0 Å². The number of anilines is 2. The molecule has 0 spiro atoms.